The SMILES string of the molecule is CN(C)C(=O)Cc1ccccc1-n1cnnc1. The van der Waals surface area contributed by atoms with E-state index in [2.05, 4.69) is 10.2 Å². The summed E-state index contributed by atoms with van der Waals surface area (Å²) < 4.78 is 1.80. The van der Waals surface area contributed by atoms with E-state index in [0.29, 0.717) is 6.42 Å². The summed E-state index contributed by atoms with van der Waals surface area (Å²) >= 11 is 0. The smallest absolute Gasteiger partial charge is 0.226 e. The number of carbonyl (C=O) groups is 1. The second-order valence-corrected chi connectivity index (χ2v) is 3.96. The molecule has 5 heteroatoms. The Hall–Kier alpha value is -2.17. The van der Waals surface area contributed by atoms with Crippen LogP contribution >= 0.6 is 0 Å². The molecule has 2 rings (SSSR count). The van der Waals surface area contributed by atoms with E-state index in [1.165, 1.54) is 0 Å². The quantitative estimate of drug-likeness (QED) is 0.787. The Balaban J connectivity index is 2.32. The van der Waals surface area contributed by atoms with Crippen molar-refractivity contribution in [1.82, 2.24) is 19.7 Å². The lowest BCUT2D eigenvalue weighted by atomic mass is 10.1. The van der Waals surface area contributed by atoms with Gasteiger partial charge in [0.05, 0.1) is 12.1 Å². The molecule has 1 aromatic carbocycles. The molecule has 0 fully saturated rings. The Bertz CT molecular complexity index is 505. The topological polar surface area (TPSA) is 51.0 Å². The minimum atomic E-state index is 0.0746. The van der Waals surface area contributed by atoms with Crippen molar-refractivity contribution in [1.29, 1.82) is 0 Å². The molecule has 0 radical (unpaired) electrons. The summed E-state index contributed by atoms with van der Waals surface area (Å²) in [6.07, 6.45) is 3.62. The van der Waals surface area contributed by atoms with E-state index in [0.717, 1.165) is 11.3 Å². The summed E-state index contributed by atoms with van der Waals surface area (Å²) in [5, 5.41) is 7.54. The van der Waals surface area contributed by atoms with Crippen LogP contribution in [0.3, 0.4) is 0 Å². The zero-order valence-corrected chi connectivity index (χ0v) is 9.87. The maximum Gasteiger partial charge on any atom is 0.226 e. The minimum Gasteiger partial charge on any atom is -0.349 e. The van der Waals surface area contributed by atoms with E-state index in [1.54, 1.807) is 36.2 Å². The lowest BCUT2D eigenvalue weighted by Crippen LogP contribution is -2.24. The lowest BCUT2D eigenvalue weighted by molar-refractivity contribution is -0.127. The van der Waals surface area contributed by atoms with Crippen LogP contribution in [0.2, 0.25) is 0 Å². The van der Waals surface area contributed by atoms with Crippen molar-refractivity contribution in [2.24, 2.45) is 0 Å². The number of hydrogen-bond donors (Lipinski definition) is 0. The Morgan fingerprint density at radius 3 is 2.53 bits per heavy atom. The highest BCUT2D eigenvalue weighted by atomic mass is 16.2. The number of likely N-dealkylation sites (N-methyl/N-ethyl adjacent to an activating group) is 1. The normalized spacial score (nSPS) is 10.2. The Morgan fingerprint density at radius 1 is 1.24 bits per heavy atom. The van der Waals surface area contributed by atoms with E-state index in [1.807, 2.05) is 24.3 Å². The molecule has 0 bridgehead atoms. The van der Waals surface area contributed by atoms with Gasteiger partial charge in [-0.1, -0.05) is 18.2 Å². The van der Waals surface area contributed by atoms with Crippen LogP contribution in [-0.4, -0.2) is 39.7 Å². The fourth-order valence-corrected chi connectivity index (χ4v) is 1.56. The van der Waals surface area contributed by atoms with Gasteiger partial charge in [-0.3, -0.25) is 9.36 Å². The van der Waals surface area contributed by atoms with Crippen molar-refractivity contribution >= 4 is 5.91 Å². The molecule has 0 N–H and O–H groups in total. The molecule has 1 aromatic heterocycles. The molecular weight excluding hydrogens is 216 g/mol. The average molecular weight is 230 g/mol. The number of rotatable bonds is 3. The molecule has 17 heavy (non-hydrogen) atoms. The van der Waals surface area contributed by atoms with Crippen LogP contribution in [0, 0.1) is 0 Å². The van der Waals surface area contributed by atoms with Gasteiger partial charge in [-0.25, -0.2) is 0 Å². The van der Waals surface area contributed by atoms with Crippen molar-refractivity contribution < 1.29 is 4.79 Å². The van der Waals surface area contributed by atoms with Gasteiger partial charge in [0.15, 0.2) is 0 Å². The molecule has 0 atom stereocenters. The minimum absolute atomic E-state index is 0.0746. The van der Waals surface area contributed by atoms with E-state index in [-0.39, 0.29) is 5.91 Å². The van der Waals surface area contributed by atoms with Crippen molar-refractivity contribution in [3.8, 4) is 5.69 Å². The van der Waals surface area contributed by atoms with Gasteiger partial charge in [0, 0.05) is 14.1 Å². The van der Waals surface area contributed by atoms with Crippen LogP contribution in [0.5, 0.6) is 0 Å². The standard InChI is InChI=1S/C12H14N4O/c1-15(2)12(17)7-10-5-3-4-6-11(10)16-8-13-14-9-16/h3-6,8-9H,7H2,1-2H3. The molecule has 0 aliphatic carbocycles. The summed E-state index contributed by atoms with van der Waals surface area (Å²) in [6.45, 7) is 0. The highest BCUT2D eigenvalue weighted by Gasteiger charge is 2.10. The highest BCUT2D eigenvalue weighted by Crippen LogP contribution is 2.14. The van der Waals surface area contributed by atoms with Crippen molar-refractivity contribution in [2.75, 3.05) is 14.1 Å². The number of nitrogens with zero attached hydrogens (tertiary/aromatic N) is 4. The molecule has 0 saturated heterocycles. The third kappa shape index (κ3) is 2.50. The summed E-state index contributed by atoms with van der Waals surface area (Å²) in [4.78, 5) is 13.3. The first-order valence-electron chi connectivity index (χ1n) is 5.31. The molecule has 0 spiro atoms. The summed E-state index contributed by atoms with van der Waals surface area (Å²) in [5.74, 6) is 0.0746. The molecule has 5 nitrogen and oxygen atoms in total. The van der Waals surface area contributed by atoms with Gasteiger partial charge in [0.25, 0.3) is 0 Å². The first-order valence-corrected chi connectivity index (χ1v) is 5.31. The summed E-state index contributed by atoms with van der Waals surface area (Å²) in [6, 6.07) is 7.74. The third-order valence-corrected chi connectivity index (χ3v) is 2.53. The van der Waals surface area contributed by atoms with Crippen LogP contribution < -0.4 is 0 Å². The van der Waals surface area contributed by atoms with Crippen molar-refractivity contribution in [3.63, 3.8) is 0 Å². The highest BCUT2D eigenvalue weighted by molar-refractivity contribution is 5.79. The molecule has 0 unspecified atom stereocenters. The molecule has 0 aliphatic rings. The van der Waals surface area contributed by atoms with Crippen LogP contribution in [0.1, 0.15) is 5.56 Å². The van der Waals surface area contributed by atoms with Crippen LogP contribution in [0.15, 0.2) is 36.9 Å². The van der Waals surface area contributed by atoms with Gasteiger partial charge < -0.3 is 4.90 Å². The number of aromatic nitrogens is 3. The molecule has 88 valence electrons. The zero-order chi connectivity index (χ0) is 12.3. The molecule has 1 heterocycles. The largest absolute Gasteiger partial charge is 0.349 e. The number of carbonyl (C=O) groups excluding carboxylic acids is 1. The Labute approximate surface area is 99.7 Å². The first-order chi connectivity index (χ1) is 8.18. The maximum absolute atomic E-state index is 11.7. The predicted octanol–water partition coefficient (Wildman–Crippen LogP) is 0.898. The maximum atomic E-state index is 11.7. The van der Waals surface area contributed by atoms with Gasteiger partial charge in [-0.2, -0.15) is 0 Å². The molecule has 1 amide bonds. The second-order valence-electron chi connectivity index (χ2n) is 3.96. The van der Waals surface area contributed by atoms with E-state index in [9.17, 15) is 4.79 Å². The van der Waals surface area contributed by atoms with E-state index in [4.69, 9.17) is 0 Å². The number of amides is 1. The van der Waals surface area contributed by atoms with Gasteiger partial charge >= 0.3 is 0 Å². The molecule has 2 aromatic rings. The molecular formula is C12H14N4O. The van der Waals surface area contributed by atoms with E-state index >= 15 is 0 Å². The Kier molecular flexibility index (Phi) is 3.18. The van der Waals surface area contributed by atoms with E-state index < -0.39 is 0 Å². The Morgan fingerprint density at radius 2 is 1.88 bits per heavy atom. The van der Waals surface area contributed by atoms with Crippen LogP contribution in [-0.2, 0) is 11.2 Å². The summed E-state index contributed by atoms with van der Waals surface area (Å²) in [7, 11) is 3.51. The van der Waals surface area contributed by atoms with Crippen LogP contribution in [0.25, 0.3) is 5.69 Å². The average Bonchev–Trinajstić information content (AvgIpc) is 2.83. The monoisotopic (exact) mass is 230 g/mol. The van der Waals surface area contributed by atoms with Gasteiger partial charge in [-0.15, -0.1) is 10.2 Å². The van der Waals surface area contributed by atoms with Gasteiger partial charge in [0.2, 0.25) is 5.91 Å². The van der Waals surface area contributed by atoms with Crippen LogP contribution in [0.4, 0.5) is 0 Å². The van der Waals surface area contributed by atoms with Gasteiger partial charge in [0.1, 0.15) is 12.7 Å². The lowest BCUT2D eigenvalue weighted by Gasteiger charge is -2.13. The van der Waals surface area contributed by atoms with Crippen molar-refractivity contribution in [2.45, 2.75) is 6.42 Å². The fourth-order valence-electron chi connectivity index (χ4n) is 1.56. The number of para-hydroxylation sites is 1. The third-order valence-electron chi connectivity index (χ3n) is 2.53. The zero-order valence-electron chi connectivity index (χ0n) is 9.87. The molecule has 0 saturated carbocycles. The number of benzene rings is 1. The fraction of sp³-hybridized carbons (Fsp3) is 0.250. The first kappa shape index (κ1) is 11.3. The molecule has 0 aliphatic heterocycles. The number of hydrogen-bond acceptors (Lipinski definition) is 3. The summed E-state index contributed by atoms with van der Waals surface area (Å²) in [5.41, 5.74) is 1.90. The van der Waals surface area contributed by atoms with Gasteiger partial charge in [-0.05, 0) is 11.6 Å². The second kappa shape index (κ2) is 4.78. The predicted molar refractivity (Wildman–Crippen MR) is 63.8 cm³/mol. The van der Waals surface area contributed by atoms with Crippen molar-refractivity contribution in [3.05, 3.63) is 42.5 Å².